The normalized spacial score (nSPS) is 12.0. The quantitative estimate of drug-likeness (QED) is 0.0750. The summed E-state index contributed by atoms with van der Waals surface area (Å²) in [5.74, 6) is -5.56. The molecule has 10 aromatic rings. The van der Waals surface area contributed by atoms with E-state index >= 15 is 13.2 Å². The van der Waals surface area contributed by atoms with Crippen molar-refractivity contribution in [1.82, 2.24) is 0 Å². The molecule has 0 fully saturated rings. The Hall–Kier alpha value is -6.40. The van der Waals surface area contributed by atoms with Crippen LogP contribution in [0.3, 0.4) is 0 Å². The van der Waals surface area contributed by atoms with Crippen LogP contribution in [0.15, 0.2) is 133 Å². The fourth-order valence-corrected chi connectivity index (χ4v) is 8.23. The molecule has 10 rings (SSSR count). The number of halogens is 6. The molecule has 0 nitrogen and oxygen atoms in total. The molecule has 6 heteroatoms. The summed E-state index contributed by atoms with van der Waals surface area (Å²) in [5, 5.41) is 7.80. The summed E-state index contributed by atoms with van der Waals surface area (Å²) in [4.78, 5) is 0. The third-order valence-corrected chi connectivity index (χ3v) is 10.4. The van der Waals surface area contributed by atoms with Crippen LogP contribution in [0.5, 0.6) is 0 Å². The van der Waals surface area contributed by atoms with Gasteiger partial charge in [0.25, 0.3) is 0 Å². The summed E-state index contributed by atoms with van der Waals surface area (Å²) in [6.07, 6.45) is 0. The Bertz CT molecular complexity index is 3120. The molecule has 10 aromatic carbocycles. The van der Waals surface area contributed by atoms with E-state index in [1.807, 2.05) is 54.6 Å². The zero-order valence-electron chi connectivity index (χ0n) is 27.0. The second-order valence-corrected chi connectivity index (χ2v) is 13.1. The molecule has 0 bridgehead atoms. The van der Waals surface area contributed by atoms with Crippen LogP contribution in [-0.2, 0) is 0 Å². The van der Waals surface area contributed by atoms with E-state index in [4.69, 9.17) is 0 Å². The molecule has 0 atom stereocenters. The maximum Gasteiger partial charge on any atom is 0.194 e. The number of rotatable bonds is 3. The molecule has 0 unspecified atom stereocenters. The molecule has 0 spiro atoms. The van der Waals surface area contributed by atoms with E-state index in [-0.39, 0.29) is 11.4 Å². The van der Waals surface area contributed by atoms with Crippen molar-refractivity contribution in [3.63, 3.8) is 0 Å². The van der Waals surface area contributed by atoms with E-state index in [1.54, 1.807) is 42.5 Å². The smallest absolute Gasteiger partial charge is 0.194 e. The predicted molar refractivity (Wildman–Crippen MR) is 199 cm³/mol. The van der Waals surface area contributed by atoms with Crippen molar-refractivity contribution >= 4 is 64.6 Å². The standard InChI is InChI=1S/C46H22F6/c47-25-11-14-34-36(21-25)44(31-17-18-38(48)28-6-2-1-5-27(28)31)30-8-4-3-7-29(30)43(34)32-15-16-35-39(49)22-37-26(24-19-40(50)46(52)41(51)20-24)12-9-23-10-13-33(32)45(35)42(23)37/h1-22H. The van der Waals surface area contributed by atoms with Crippen LogP contribution in [0.25, 0.3) is 98.0 Å². The van der Waals surface area contributed by atoms with Crippen molar-refractivity contribution in [2.75, 3.05) is 0 Å². The van der Waals surface area contributed by atoms with Crippen LogP contribution >= 0.6 is 0 Å². The summed E-state index contributed by atoms with van der Waals surface area (Å²) in [5.41, 5.74) is 3.53. The van der Waals surface area contributed by atoms with Gasteiger partial charge in [-0.3, -0.25) is 0 Å². The van der Waals surface area contributed by atoms with Gasteiger partial charge in [-0.2, -0.15) is 0 Å². The molecule has 0 aromatic heterocycles. The minimum absolute atomic E-state index is 0.0804. The topological polar surface area (TPSA) is 0 Å². The van der Waals surface area contributed by atoms with Gasteiger partial charge in [-0.15, -0.1) is 0 Å². The molecular formula is C46H22F6. The Balaban J connectivity index is 1.34. The summed E-state index contributed by atoms with van der Waals surface area (Å²) in [7, 11) is 0. The molecule has 52 heavy (non-hydrogen) atoms. The molecular weight excluding hydrogens is 666 g/mol. The average molecular weight is 689 g/mol. The van der Waals surface area contributed by atoms with Gasteiger partial charge in [-0.25, -0.2) is 26.3 Å². The van der Waals surface area contributed by atoms with Crippen LogP contribution in [0.4, 0.5) is 26.3 Å². The maximum atomic E-state index is 16.2. The van der Waals surface area contributed by atoms with Crippen LogP contribution in [0.2, 0.25) is 0 Å². The monoisotopic (exact) mass is 688 g/mol. The third kappa shape index (κ3) is 4.24. The Kier molecular flexibility index (Phi) is 6.46. The number of hydrogen-bond donors (Lipinski definition) is 0. The zero-order valence-corrected chi connectivity index (χ0v) is 27.0. The lowest BCUT2D eigenvalue weighted by Crippen LogP contribution is -1.96. The highest BCUT2D eigenvalue weighted by Gasteiger charge is 2.23. The van der Waals surface area contributed by atoms with Gasteiger partial charge in [0.15, 0.2) is 17.5 Å². The first-order chi connectivity index (χ1) is 25.3. The first-order valence-electron chi connectivity index (χ1n) is 16.7. The molecule has 0 saturated heterocycles. The minimum Gasteiger partial charge on any atom is -0.207 e. The lowest BCUT2D eigenvalue weighted by atomic mass is 9.82. The van der Waals surface area contributed by atoms with Crippen molar-refractivity contribution < 1.29 is 26.3 Å². The lowest BCUT2D eigenvalue weighted by molar-refractivity contribution is 0.448. The molecule has 0 aliphatic heterocycles. The predicted octanol–water partition coefficient (Wildman–Crippen LogP) is 13.9. The van der Waals surface area contributed by atoms with Gasteiger partial charge in [0.1, 0.15) is 17.5 Å². The van der Waals surface area contributed by atoms with Crippen LogP contribution in [0, 0.1) is 34.9 Å². The molecule has 0 aliphatic rings. The summed E-state index contributed by atoms with van der Waals surface area (Å²) >= 11 is 0. The van der Waals surface area contributed by atoms with Gasteiger partial charge >= 0.3 is 0 Å². The van der Waals surface area contributed by atoms with E-state index in [2.05, 4.69) is 0 Å². The summed E-state index contributed by atoms with van der Waals surface area (Å²) in [6, 6.07) is 36.9. The van der Waals surface area contributed by atoms with E-state index < -0.39 is 29.1 Å². The van der Waals surface area contributed by atoms with E-state index in [1.165, 1.54) is 24.3 Å². The minimum atomic E-state index is -1.57. The number of hydrogen-bond acceptors (Lipinski definition) is 0. The van der Waals surface area contributed by atoms with Gasteiger partial charge in [0, 0.05) is 16.2 Å². The van der Waals surface area contributed by atoms with Crippen molar-refractivity contribution in [1.29, 1.82) is 0 Å². The molecule has 0 N–H and O–H groups in total. The van der Waals surface area contributed by atoms with E-state index in [9.17, 15) is 13.2 Å². The Morgan fingerprint density at radius 3 is 1.62 bits per heavy atom. The van der Waals surface area contributed by atoms with Crippen LogP contribution in [0.1, 0.15) is 0 Å². The lowest BCUT2D eigenvalue weighted by Gasteiger charge is -2.21. The van der Waals surface area contributed by atoms with Crippen molar-refractivity contribution in [2.45, 2.75) is 0 Å². The average Bonchev–Trinajstić information content (AvgIpc) is 3.15. The first kappa shape index (κ1) is 30.4. The highest BCUT2D eigenvalue weighted by Crippen LogP contribution is 2.49. The van der Waals surface area contributed by atoms with E-state index in [0.717, 1.165) is 61.3 Å². The molecule has 0 aliphatic carbocycles. The SMILES string of the molecule is Fc1ccc2c(-c3ccc4c(F)cc5c(-c6cc(F)c(F)c(F)c6)ccc6ccc3c4c65)c3ccccc3c(-c3ccc(F)c4ccccc34)c2c1. The van der Waals surface area contributed by atoms with Gasteiger partial charge in [0.05, 0.1) is 0 Å². The largest absolute Gasteiger partial charge is 0.207 e. The maximum absolute atomic E-state index is 16.2. The highest BCUT2D eigenvalue weighted by molar-refractivity contribution is 6.31. The third-order valence-electron chi connectivity index (χ3n) is 10.4. The molecule has 0 amide bonds. The van der Waals surface area contributed by atoms with Gasteiger partial charge in [0.2, 0.25) is 0 Å². The van der Waals surface area contributed by atoms with E-state index in [0.29, 0.717) is 43.3 Å². The number of benzene rings is 10. The molecule has 0 radical (unpaired) electrons. The summed E-state index contributed by atoms with van der Waals surface area (Å²) in [6.45, 7) is 0. The molecule has 0 heterocycles. The fourth-order valence-electron chi connectivity index (χ4n) is 8.23. The second-order valence-electron chi connectivity index (χ2n) is 13.1. The van der Waals surface area contributed by atoms with Gasteiger partial charge in [-0.1, -0.05) is 97.1 Å². The Morgan fingerprint density at radius 1 is 0.308 bits per heavy atom. The second kappa shape index (κ2) is 11.0. The molecule has 248 valence electrons. The van der Waals surface area contributed by atoms with Crippen LogP contribution < -0.4 is 0 Å². The molecule has 0 saturated carbocycles. The highest BCUT2D eigenvalue weighted by atomic mass is 19.2. The number of fused-ring (bicyclic) bond motifs is 3. The first-order valence-corrected chi connectivity index (χ1v) is 16.7. The van der Waals surface area contributed by atoms with Crippen LogP contribution in [-0.4, -0.2) is 0 Å². The Labute approximate surface area is 292 Å². The zero-order chi connectivity index (χ0) is 35.4. The van der Waals surface area contributed by atoms with Gasteiger partial charge < -0.3 is 0 Å². The fraction of sp³-hybridized carbons (Fsp3) is 0. The van der Waals surface area contributed by atoms with Crippen molar-refractivity contribution in [3.05, 3.63) is 168 Å². The van der Waals surface area contributed by atoms with Gasteiger partial charge in [-0.05, 0) is 118 Å². The summed E-state index contributed by atoms with van der Waals surface area (Å²) < 4.78 is 89.3. The van der Waals surface area contributed by atoms with Crippen molar-refractivity contribution in [3.8, 4) is 33.4 Å². The Morgan fingerprint density at radius 2 is 0.865 bits per heavy atom. The van der Waals surface area contributed by atoms with Crippen molar-refractivity contribution in [2.24, 2.45) is 0 Å².